The first-order valence-electron chi connectivity index (χ1n) is 33.2. The third-order valence-electron chi connectivity index (χ3n) is 17.4. The Morgan fingerprint density at radius 1 is 0.714 bits per heavy atom. The highest BCUT2D eigenvalue weighted by Crippen LogP contribution is 2.49. The molecule has 11 rings (SSSR count). The van der Waals surface area contributed by atoms with Crippen molar-refractivity contribution in [1.82, 2.24) is 39.0 Å². The van der Waals surface area contributed by atoms with Crippen LogP contribution < -0.4 is 41.7 Å². The van der Waals surface area contributed by atoms with Gasteiger partial charge in [-0.25, -0.2) is 23.0 Å². The number of nitrogens with zero attached hydrogens (tertiary/aromatic N) is 6. The van der Waals surface area contributed by atoms with Crippen molar-refractivity contribution in [2.75, 3.05) is 65.4 Å². The fourth-order valence-electron chi connectivity index (χ4n) is 12.1. The second-order valence-electron chi connectivity index (χ2n) is 24.4. The number of para-hydroxylation sites is 1. The normalized spacial score (nSPS) is 17.6. The Balaban J connectivity index is 0.783. The number of ether oxygens (including phenoxy) is 8. The molecule has 4 N–H and O–H groups in total. The van der Waals surface area contributed by atoms with Crippen molar-refractivity contribution in [2.24, 2.45) is 0 Å². The van der Waals surface area contributed by atoms with E-state index < -0.39 is 121 Å². The van der Waals surface area contributed by atoms with E-state index in [9.17, 15) is 52.0 Å². The number of anilines is 1. The van der Waals surface area contributed by atoms with Crippen LogP contribution in [0.5, 0.6) is 17.2 Å². The number of sulfone groups is 1. The van der Waals surface area contributed by atoms with Gasteiger partial charge < -0.3 is 61.6 Å². The standard InChI is InChI=1S/C72H75N10O21PS/c1-44-39-81(70(89)79-67(44)87)62-38-57(58(100-62)41-97-72(47-12-7-6-8-13-47,48-17-21-50(93-3)22-18-48)49-19-23-51(94-4)24-20-49)103-104(98-33-11-31-73)99-42-59-56(102-64(86)29-16-45(2)83)37-63(101-59)82-43-75-65-66(82)77-69(78-68(65)88)76-60(84)30-32-74-61(85)36-46-40-80(55-15-10-9-14-54(46)55)71(90)96-34-35-105(91,92)53-27-25-52(95-5)26-28-53/h6-10,12-15,17-28,39-40,43,56-59,62-63H,11,16,29-30,32-38,41-42H2,1-5H3,(H,74,85)(H,79,87,89)(H2,76,77,78,84,88)/t56-,57-,58-,59-,62-,63-,104?/m1/s1. The van der Waals surface area contributed by atoms with Crippen LogP contribution in [-0.2, 0) is 78.3 Å². The van der Waals surface area contributed by atoms with Gasteiger partial charge in [-0.1, -0.05) is 72.8 Å². The van der Waals surface area contributed by atoms with E-state index in [-0.39, 0.29) is 98.1 Å². The summed E-state index contributed by atoms with van der Waals surface area (Å²) in [6.45, 7) is 1.45. The second-order valence-corrected chi connectivity index (χ2v) is 27.7. The Morgan fingerprint density at radius 3 is 2.01 bits per heavy atom. The van der Waals surface area contributed by atoms with Gasteiger partial charge in [0.1, 0.15) is 66.0 Å². The lowest BCUT2D eigenvalue weighted by atomic mass is 9.80. The maximum atomic E-state index is 13.6. The van der Waals surface area contributed by atoms with Crippen molar-refractivity contribution in [1.29, 1.82) is 5.26 Å². The van der Waals surface area contributed by atoms with E-state index in [0.29, 0.717) is 44.8 Å². The number of esters is 1. The van der Waals surface area contributed by atoms with Gasteiger partial charge in [0.2, 0.25) is 17.8 Å². The quantitative estimate of drug-likeness (QED) is 0.0134. The lowest BCUT2D eigenvalue weighted by Crippen LogP contribution is -2.38. The molecule has 33 heteroatoms. The summed E-state index contributed by atoms with van der Waals surface area (Å²) in [7, 11) is -1.75. The number of amides is 2. The van der Waals surface area contributed by atoms with Crippen molar-refractivity contribution in [3.63, 3.8) is 0 Å². The average Bonchev–Trinajstić information content (AvgIpc) is 1.34. The van der Waals surface area contributed by atoms with Gasteiger partial charge >= 0.3 is 26.4 Å². The highest BCUT2D eigenvalue weighted by atomic mass is 32.2. The summed E-state index contributed by atoms with van der Waals surface area (Å²) < 4.78 is 97.2. The molecule has 2 aliphatic rings. The summed E-state index contributed by atoms with van der Waals surface area (Å²) in [6.07, 6.45) is -4.29. The number of ketones is 1. The van der Waals surface area contributed by atoms with Crippen LogP contribution in [-0.4, -0.2) is 156 Å². The highest BCUT2D eigenvalue weighted by Gasteiger charge is 2.46. The lowest BCUT2D eigenvalue weighted by Gasteiger charge is -2.37. The van der Waals surface area contributed by atoms with Crippen LogP contribution in [0, 0.1) is 18.3 Å². The Bertz CT molecular complexity index is 4900. The van der Waals surface area contributed by atoms with Crippen molar-refractivity contribution in [3.8, 4) is 23.3 Å². The van der Waals surface area contributed by atoms with Gasteiger partial charge in [0.25, 0.3) is 11.1 Å². The maximum Gasteiger partial charge on any atom is 0.418 e. The van der Waals surface area contributed by atoms with Gasteiger partial charge in [0, 0.05) is 55.6 Å². The molecule has 2 fully saturated rings. The molecule has 7 atom stereocenters. The molecular formula is C72H75N10O21PS. The van der Waals surface area contributed by atoms with Crippen molar-refractivity contribution >= 4 is 76.1 Å². The zero-order chi connectivity index (χ0) is 74.4. The van der Waals surface area contributed by atoms with Crippen LogP contribution in [0.25, 0.3) is 22.1 Å². The Morgan fingerprint density at radius 2 is 1.34 bits per heavy atom. The summed E-state index contributed by atoms with van der Waals surface area (Å²) in [5.74, 6) is -1.29. The molecule has 0 bridgehead atoms. The number of aromatic amines is 2. The summed E-state index contributed by atoms with van der Waals surface area (Å²) in [5, 5.41) is 15.5. The molecule has 2 aliphatic heterocycles. The van der Waals surface area contributed by atoms with Gasteiger partial charge in [-0.15, -0.1) is 0 Å². The smallest absolute Gasteiger partial charge is 0.418 e. The van der Waals surface area contributed by atoms with Gasteiger partial charge in [-0.3, -0.25) is 53.0 Å². The number of nitrogens with one attached hydrogen (secondary N) is 4. The zero-order valence-electron chi connectivity index (χ0n) is 57.6. The average molecular weight is 1480 g/mol. The molecule has 6 heterocycles. The fraction of sp³-hybridized carbons (Fsp3) is 0.347. The molecular weight excluding hydrogens is 1400 g/mol. The summed E-state index contributed by atoms with van der Waals surface area (Å²) >= 11 is 0. The minimum Gasteiger partial charge on any atom is -0.497 e. The van der Waals surface area contributed by atoms with Crippen molar-refractivity contribution < 1.29 is 83.9 Å². The van der Waals surface area contributed by atoms with Crippen LogP contribution >= 0.6 is 8.60 Å². The topological polar surface area (TPSA) is 392 Å². The molecule has 0 spiro atoms. The van der Waals surface area contributed by atoms with E-state index >= 15 is 0 Å². The molecule has 105 heavy (non-hydrogen) atoms. The number of methoxy groups -OCH3 is 3. The number of aromatic nitrogens is 7. The van der Waals surface area contributed by atoms with Crippen LogP contribution in [0.1, 0.15) is 85.7 Å². The first kappa shape index (κ1) is 75.4. The van der Waals surface area contributed by atoms with Gasteiger partial charge in [0.15, 0.2) is 21.0 Å². The number of imidazole rings is 1. The molecule has 550 valence electrons. The monoisotopic (exact) mass is 1480 g/mol. The SMILES string of the molecule is COc1ccc(C(OC[C@H]2O[C@@H](n3cc(C)c(=O)[nH]c3=O)C[C@H]2OP(OCCC#N)OC[C@H]2O[C@@H](n3cnc4c(=O)[nH]c(NC(=O)CCNC(=O)Cc5cn(C(=O)OCCS(=O)(=O)c6ccc(OC)cc6)c6ccccc56)nc43)C[C@H]2OC(=O)CCC(C)=O)(c2ccccc2)c2ccc(OC)cc2)cc1. The number of fused-ring (bicyclic) bond motifs is 2. The zero-order valence-corrected chi connectivity index (χ0v) is 59.3. The number of carbonyl (C=O) groups excluding carboxylic acids is 5. The number of rotatable bonds is 33. The molecule has 0 radical (unpaired) electrons. The first-order valence-corrected chi connectivity index (χ1v) is 36.0. The Kier molecular flexibility index (Phi) is 24.6. The third-order valence-corrected chi connectivity index (χ3v) is 20.3. The van der Waals surface area contributed by atoms with Gasteiger partial charge in [-0.2, -0.15) is 10.2 Å². The molecule has 0 aliphatic carbocycles. The number of nitriles is 1. The molecule has 31 nitrogen and oxygen atoms in total. The van der Waals surface area contributed by atoms with Crippen molar-refractivity contribution in [2.45, 2.75) is 106 Å². The minimum absolute atomic E-state index is 0.0285. The third kappa shape index (κ3) is 18.1. The number of benzene rings is 5. The maximum absolute atomic E-state index is 13.6. The van der Waals surface area contributed by atoms with Crippen molar-refractivity contribution in [3.05, 3.63) is 205 Å². The predicted octanol–water partition coefficient (Wildman–Crippen LogP) is 7.53. The van der Waals surface area contributed by atoms with Crippen LogP contribution in [0.2, 0.25) is 0 Å². The van der Waals surface area contributed by atoms with E-state index in [1.165, 1.54) is 70.7 Å². The van der Waals surface area contributed by atoms with Gasteiger partial charge in [-0.05, 0) is 90.7 Å². The molecule has 9 aromatic rings. The van der Waals surface area contributed by atoms with E-state index in [0.717, 1.165) is 5.56 Å². The largest absolute Gasteiger partial charge is 0.497 e. The molecule has 5 aromatic carbocycles. The number of H-pyrrole nitrogens is 2. The highest BCUT2D eigenvalue weighted by molar-refractivity contribution is 7.91. The number of hydrogen-bond acceptors (Lipinski definition) is 24. The Labute approximate surface area is 601 Å². The van der Waals surface area contributed by atoms with E-state index in [1.54, 1.807) is 45.4 Å². The minimum atomic E-state index is -3.81. The molecule has 1 unspecified atom stereocenters. The summed E-state index contributed by atoms with van der Waals surface area (Å²) in [4.78, 5) is 119. The van der Waals surface area contributed by atoms with E-state index in [1.807, 2.05) is 84.9 Å². The van der Waals surface area contributed by atoms with E-state index in [4.69, 9.17) is 51.5 Å². The number of aryl methyl sites for hydroxylation is 1. The number of hydrogen-bond donors (Lipinski definition) is 4. The number of carbonyl (C=O) groups is 5. The fourth-order valence-corrected chi connectivity index (χ4v) is 14.3. The summed E-state index contributed by atoms with van der Waals surface area (Å²) in [6, 6.07) is 38.9. The Hall–Kier alpha value is -10.8. The molecule has 4 aromatic heterocycles. The molecule has 2 saturated heterocycles. The first-order chi connectivity index (χ1) is 50.7. The van der Waals surface area contributed by atoms with E-state index in [2.05, 4.69) is 30.6 Å². The second kappa shape index (κ2) is 34.2. The van der Waals surface area contributed by atoms with Crippen LogP contribution in [0.15, 0.2) is 165 Å². The molecule has 0 saturated carbocycles. The van der Waals surface area contributed by atoms with Crippen LogP contribution in [0.3, 0.4) is 0 Å². The molecule has 2 amide bonds. The predicted molar refractivity (Wildman–Crippen MR) is 377 cm³/mol. The van der Waals surface area contributed by atoms with Crippen LogP contribution in [0.4, 0.5) is 10.7 Å². The number of Topliss-reactive ketones (excluding diaryl/α,β-unsaturated/α-hetero) is 1. The lowest BCUT2D eigenvalue weighted by molar-refractivity contribution is -0.153. The summed E-state index contributed by atoms with van der Waals surface area (Å²) in [5.41, 5.74) is -0.461. The van der Waals surface area contributed by atoms with Gasteiger partial charge in [0.05, 0.1) is 95.1 Å².